The van der Waals surface area contributed by atoms with Crippen LogP contribution in [-0.4, -0.2) is 18.4 Å². The molecule has 0 radical (unpaired) electrons. The number of benzene rings is 1. The number of aryl methyl sites for hydroxylation is 1. The molecule has 0 atom stereocenters. The molecule has 0 aromatic heterocycles. The van der Waals surface area contributed by atoms with E-state index in [1.54, 1.807) is 6.07 Å². The Hall–Kier alpha value is -1.84. The predicted octanol–water partition coefficient (Wildman–Crippen LogP) is 2.49. The van der Waals surface area contributed by atoms with Gasteiger partial charge >= 0.3 is 0 Å². The van der Waals surface area contributed by atoms with E-state index in [-0.39, 0.29) is 11.8 Å². The summed E-state index contributed by atoms with van der Waals surface area (Å²) in [7, 11) is 0. The Balaban J connectivity index is 1.64. The second-order valence-electron chi connectivity index (χ2n) is 5.78. The molecule has 1 heterocycles. The van der Waals surface area contributed by atoms with E-state index >= 15 is 0 Å². The molecule has 1 aromatic rings. The number of hydrogen-bond acceptors (Lipinski definition) is 2. The molecule has 1 aliphatic carbocycles. The van der Waals surface area contributed by atoms with Crippen LogP contribution < -0.4 is 10.6 Å². The first-order valence-corrected chi connectivity index (χ1v) is 7.43. The summed E-state index contributed by atoms with van der Waals surface area (Å²) >= 11 is 0. The number of fused-ring (bicyclic) bond motifs is 1. The fourth-order valence-corrected chi connectivity index (χ4v) is 3.08. The SMILES string of the molecule is O=C1CCc2cc(C(=O)NCC3CCCC3)ccc2N1. The summed E-state index contributed by atoms with van der Waals surface area (Å²) in [5.74, 6) is 0.698. The van der Waals surface area contributed by atoms with Crippen LogP contribution in [0.4, 0.5) is 5.69 Å². The van der Waals surface area contributed by atoms with Gasteiger partial charge in [-0.15, -0.1) is 0 Å². The van der Waals surface area contributed by atoms with Gasteiger partial charge in [-0.1, -0.05) is 12.8 Å². The van der Waals surface area contributed by atoms with E-state index in [9.17, 15) is 9.59 Å². The van der Waals surface area contributed by atoms with Gasteiger partial charge in [0.2, 0.25) is 5.91 Å². The van der Waals surface area contributed by atoms with E-state index in [2.05, 4.69) is 10.6 Å². The molecule has 20 heavy (non-hydrogen) atoms. The average molecular weight is 272 g/mol. The first-order chi connectivity index (χ1) is 9.72. The van der Waals surface area contributed by atoms with Gasteiger partial charge in [0.05, 0.1) is 0 Å². The average Bonchev–Trinajstić information content (AvgIpc) is 2.97. The highest BCUT2D eigenvalue weighted by atomic mass is 16.2. The Morgan fingerprint density at radius 1 is 1.25 bits per heavy atom. The highest BCUT2D eigenvalue weighted by Crippen LogP contribution is 2.25. The van der Waals surface area contributed by atoms with Crippen molar-refractivity contribution in [2.24, 2.45) is 5.92 Å². The molecule has 2 amide bonds. The molecule has 1 aliphatic heterocycles. The van der Waals surface area contributed by atoms with Crippen molar-refractivity contribution in [3.05, 3.63) is 29.3 Å². The highest BCUT2D eigenvalue weighted by molar-refractivity contribution is 5.97. The van der Waals surface area contributed by atoms with Crippen LogP contribution in [0.25, 0.3) is 0 Å². The lowest BCUT2D eigenvalue weighted by atomic mass is 10.00. The summed E-state index contributed by atoms with van der Waals surface area (Å²) in [5, 5.41) is 5.86. The topological polar surface area (TPSA) is 58.2 Å². The maximum atomic E-state index is 12.2. The van der Waals surface area contributed by atoms with Crippen molar-refractivity contribution in [1.82, 2.24) is 5.32 Å². The van der Waals surface area contributed by atoms with Gasteiger partial charge in [-0.2, -0.15) is 0 Å². The normalized spacial score (nSPS) is 18.5. The molecule has 4 heteroatoms. The summed E-state index contributed by atoms with van der Waals surface area (Å²) in [5.41, 5.74) is 2.59. The van der Waals surface area contributed by atoms with Crippen LogP contribution in [0.15, 0.2) is 18.2 Å². The lowest BCUT2D eigenvalue weighted by Crippen LogP contribution is -2.28. The lowest BCUT2D eigenvalue weighted by molar-refractivity contribution is -0.116. The minimum Gasteiger partial charge on any atom is -0.352 e. The van der Waals surface area contributed by atoms with Crippen molar-refractivity contribution in [1.29, 1.82) is 0 Å². The van der Waals surface area contributed by atoms with Crippen LogP contribution in [0.5, 0.6) is 0 Å². The molecular weight excluding hydrogens is 252 g/mol. The van der Waals surface area contributed by atoms with E-state index in [4.69, 9.17) is 0 Å². The summed E-state index contributed by atoms with van der Waals surface area (Å²) in [6.07, 6.45) is 6.26. The Morgan fingerprint density at radius 3 is 2.85 bits per heavy atom. The van der Waals surface area contributed by atoms with Gasteiger partial charge in [-0.05, 0) is 48.9 Å². The molecule has 1 saturated carbocycles. The van der Waals surface area contributed by atoms with Crippen LogP contribution in [0.1, 0.15) is 48.0 Å². The number of anilines is 1. The number of amides is 2. The highest BCUT2D eigenvalue weighted by Gasteiger charge is 2.18. The van der Waals surface area contributed by atoms with E-state index < -0.39 is 0 Å². The summed E-state index contributed by atoms with van der Waals surface area (Å²) in [6.45, 7) is 0.784. The van der Waals surface area contributed by atoms with Gasteiger partial charge in [0.25, 0.3) is 5.91 Å². The molecule has 2 N–H and O–H groups in total. The number of hydrogen-bond donors (Lipinski definition) is 2. The van der Waals surface area contributed by atoms with Gasteiger partial charge in [0, 0.05) is 24.2 Å². The number of carbonyl (C=O) groups excluding carboxylic acids is 2. The zero-order valence-electron chi connectivity index (χ0n) is 11.6. The summed E-state index contributed by atoms with van der Waals surface area (Å²) in [4.78, 5) is 23.5. The number of rotatable bonds is 3. The van der Waals surface area contributed by atoms with Crippen molar-refractivity contribution >= 4 is 17.5 Å². The molecule has 0 spiro atoms. The van der Waals surface area contributed by atoms with Crippen molar-refractivity contribution in [2.75, 3.05) is 11.9 Å². The quantitative estimate of drug-likeness (QED) is 0.888. The van der Waals surface area contributed by atoms with Crippen molar-refractivity contribution in [3.8, 4) is 0 Å². The maximum Gasteiger partial charge on any atom is 0.251 e. The van der Waals surface area contributed by atoms with E-state index in [1.807, 2.05) is 12.1 Å². The van der Waals surface area contributed by atoms with Crippen molar-refractivity contribution < 1.29 is 9.59 Å². The zero-order chi connectivity index (χ0) is 13.9. The fourth-order valence-electron chi connectivity index (χ4n) is 3.08. The Labute approximate surface area is 118 Å². The minimum atomic E-state index is -0.00315. The molecule has 1 aromatic carbocycles. The minimum absolute atomic E-state index is 0.00315. The van der Waals surface area contributed by atoms with E-state index in [0.717, 1.165) is 17.8 Å². The molecule has 0 saturated heterocycles. The van der Waals surface area contributed by atoms with Crippen molar-refractivity contribution in [3.63, 3.8) is 0 Å². The third kappa shape index (κ3) is 2.84. The van der Waals surface area contributed by atoms with Crippen LogP contribution in [-0.2, 0) is 11.2 Å². The largest absolute Gasteiger partial charge is 0.352 e. The molecular formula is C16H20N2O2. The maximum absolute atomic E-state index is 12.2. The summed E-state index contributed by atoms with van der Waals surface area (Å²) in [6, 6.07) is 5.52. The van der Waals surface area contributed by atoms with Gasteiger partial charge < -0.3 is 10.6 Å². The molecule has 0 unspecified atom stereocenters. The standard InChI is InChI=1S/C16H20N2O2/c19-15-8-6-12-9-13(5-7-14(12)18-15)16(20)17-10-11-3-1-2-4-11/h5,7,9,11H,1-4,6,8,10H2,(H,17,20)(H,18,19). The Kier molecular flexibility index (Phi) is 3.72. The fraction of sp³-hybridized carbons (Fsp3) is 0.500. The van der Waals surface area contributed by atoms with Crippen LogP contribution in [0.3, 0.4) is 0 Å². The first kappa shape index (κ1) is 13.2. The van der Waals surface area contributed by atoms with Crippen LogP contribution in [0, 0.1) is 5.92 Å². The van der Waals surface area contributed by atoms with Gasteiger partial charge in [-0.3, -0.25) is 9.59 Å². The van der Waals surface area contributed by atoms with Crippen LogP contribution >= 0.6 is 0 Å². The second kappa shape index (κ2) is 5.65. The van der Waals surface area contributed by atoms with Gasteiger partial charge in [0.15, 0.2) is 0 Å². The number of carbonyl (C=O) groups is 2. The Morgan fingerprint density at radius 2 is 2.05 bits per heavy atom. The van der Waals surface area contributed by atoms with E-state index in [0.29, 0.717) is 24.3 Å². The second-order valence-corrected chi connectivity index (χ2v) is 5.78. The van der Waals surface area contributed by atoms with Gasteiger partial charge in [-0.25, -0.2) is 0 Å². The molecule has 4 nitrogen and oxygen atoms in total. The lowest BCUT2D eigenvalue weighted by Gasteiger charge is -2.17. The molecule has 1 fully saturated rings. The number of nitrogens with one attached hydrogen (secondary N) is 2. The van der Waals surface area contributed by atoms with Gasteiger partial charge in [0.1, 0.15) is 0 Å². The first-order valence-electron chi connectivity index (χ1n) is 7.43. The third-order valence-electron chi connectivity index (χ3n) is 4.29. The molecule has 0 bridgehead atoms. The Bertz CT molecular complexity index is 533. The summed E-state index contributed by atoms with van der Waals surface area (Å²) < 4.78 is 0. The zero-order valence-corrected chi connectivity index (χ0v) is 11.6. The van der Waals surface area contributed by atoms with Crippen LogP contribution in [0.2, 0.25) is 0 Å². The molecule has 2 aliphatic rings. The van der Waals surface area contributed by atoms with Crippen molar-refractivity contribution in [2.45, 2.75) is 38.5 Å². The molecule has 3 rings (SSSR count). The smallest absolute Gasteiger partial charge is 0.251 e. The third-order valence-corrected chi connectivity index (χ3v) is 4.29. The van der Waals surface area contributed by atoms with E-state index in [1.165, 1.54) is 25.7 Å². The molecule has 106 valence electrons. The monoisotopic (exact) mass is 272 g/mol. The predicted molar refractivity (Wildman–Crippen MR) is 77.7 cm³/mol.